The first-order chi connectivity index (χ1) is 10.2. The van der Waals surface area contributed by atoms with Gasteiger partial charge in [0.15, 0.2) is 0 Å². The smallest absolute Gasteiger partial charge is 0.317 e. The maximum absolute atomic E-state index is 12.3. The average molecular weight is 369 g/mol. The molecule has 2 rings (SSSR count). The van der Waals surface area contributed by atoms with Crippen LogP contribution in [0.1, 0.15) is 37.4 Å². The van der Waals surface area contributed by atoms with Gasteiger partial charge >= 0.3 is 12.0 Å². The second-order valence-corrected chi connectivity index (χ2v) is 7.28. The maximum Gasteiger partial charge on any atom is 0.317 e. The number of carbonyl (C=O) groups is 2. The van der Waals surface area contributed by atoms with E-state index in [1.165, 1.54) is 10.5 Å². The van der Waals surface area contributed by atoms with E-state index in [9.17, 15) is 9.59 Å². The van der Waals surface area contributed by atoms with Crippen molar-refractivity contribution in [2.45, 2.75) is 32.7 Å². The summed E-state index contributed by atoms with van der Waals surface area (Å²) in [5.41, 5.74) is 2.26. The molecule has 6 heteroatoms. The molecule has 0 heterocycles. The van der Waals surface area contributed by atoms with Gasteiger partial charge in [0, 0.05) is 18.1 Å². The van der Waals surface area contributed by atoms with E-state index in [1.54, 1.807) is 7.05 Å². The minimum absolute atomic E-state index is 0.0554. The van der Waals surface area contributed by atoms with Crippen LogP contribution < -0.4 is 5.32 Å². The van der Waals surface area contributed by atoms with Gasteiger partial charge in [0.05, 0.1) is 12.5 Å². The van der Waals surface area contributed by atoms with Crippen LogP contribution in [-0.4, -0.2) is 35.6 Å². The summed E-state index contributed by atoms with van der Waals surface area (Å²) >= 11 is 3.57. The Morgan fingerprint density at radius 2 is 2.14 bits per heavy atom. The van der Waals surface area contributed by atoms with E-state index in [1.807, 2.05) is 18.2 Å². The Morgan fingerprint density at radius 3 is 2.77 bits per heavy atom. The van der Waals surface area contributed by atoms with E-state index in [4.69, 9.17) is 5.11 Å². The van der Waals surface area contributed by atoms with Crippen LogP contribution in [-0.2, 0) is 11.2 Å². The normalized spacial score (nSPS) is 18.6. The highest BCUT2D eigenvalue weighted by Crippen LogP contribution is 2.47. The molecular formula is C16H21BrN2O3. The Balaban J connectivity index is 2.14. The summed E-state index contributed by atoms with van der Waals surface area (Å²) in [5.74, 6) is -0.907. The molecule has 1 unspecified atom stereocenters. The van der Waals surface area contributed by atoms with Gasteiger partial charge < -0.3 is 15.3 Å². The summed E-state index contributed by atoms with van der Waals surface area (Å²) in [7, 11) is 1.61. The van der Waals surface area contributed by atoms with Crippen LogP contribution in [0.5, 0.6) is 0 Å². The molecule has 1 aliphatic rings. The molecule has 0 saturated heterocycles. The highest BCUT2D eigenvalue weighted by atomic mass is 79.9. The number of aliphatic carboxylic acids is 1. The lowest BCUT2D eigenvalue weighted by atomic mass is 9.85. The number of rotatable bonds is 4. The molecule has 0 bridgehead atoms. The van der Waals surface area contributed by atoms with Crippen molar-refractivity contribution < 1.29 is 14.7 Å². The molecule has 0 fully saturated rings. The Bertz CT molecular complexity index is 601. The van der Waals surface area contributed by atoms with Crippen LogP contribution in [0.15, 0.2) is 22.7 Å². The predicted molar refractivity (Wildman–Crippen MR) is 87.8 cm³/mol. The van der Waals surface area contributed by atoms with Crippen molar-refractivity contribution in [1.29, 1.82) is 0 Å². The van der Waals surface area contributed by atoms with Crippen LogP contribution in [0.2, 0.25) is 0 Å². The zero-order valence-electron chi connectivity index (χ0n) is 13.0. The van der Waals surface area contributed by atoms with Gasteiger partial charge in [0.1, 0.15) is 0 Å². The molecule has 2 amide bonds. The molecule has 0 aromatic heterocycles. The second kappa shape index (κ2) is 6.28. The molecule has 0 aliphatic heterocycles. The molecule has 120 valence electrons. The third-order valence-corrected chi connectivity index (χ3v) is 4.90. The first-order valence-corrected chi connectivity index (χ1v) is 8.02. The van der Waals surface area contributed by atoms with Gasteiger partial charge in [-0.2, -0.15) is 0 Å². The second-order valence-electron chi connectivity index (χ2n) is 6.42. The van der Waals surface area contributed by atoms with Crippen LogP contribution in [0.4, 0.5) is 4.79 Å². The molecule has 2 N–H and O–H groups in total. The van der Waals surface area contributed by atoms with Gasteiger partial charge in [0.2, 0.25) is 0 Å². The van der Waals surface area contributed by atoms with Crippen molar-refractivity contribution in [3.63, 3.8) is 0 Å². The summed E-state index contributed by atoms with van der Waals surface area (Å²) < 4.78 is 1.06. The zero-order valence-corrected chi connectivity index (χ0v) is 14.6. The third-order valence-electron chi connectivity index (χ3n) is 4.16. The van der Waals surface area contributed by atoms with E-state index in [0.29, 0.717) is 0 Å². The van der Waals surface area contributed by atoms with Crippen LogP contribution in [0, 0.1) is 5.41 Å². The van der Waals surface area contributed by atoms with Crippen molar-refractivity contribution >= 4 is 27.9 Å². The summed E-state index contributed by atoms with van der Waals surface area (Å²) in [6, 6.07) is 5.69. The Labute approximate surface area is 138 Å². The fourth-order valence-electron chi connectivity index (χ4n) is 2.88. The lowest BCUT2D eigenvalue weighted by Gasteiger charge is -2.30. The van der Waals surface area contributed by atoms with E-state index >= 15 is 0 Å². The number of amides is 2. The summed E-state index contributed by atoms with van der Waals surface area (Å²) in [6.07, 6.45) is 0.827. The van der Waals surface area contributed by atoms with Crippen molar-refractivity contribution in [1.82, 2.24) is 10.2 Å². The van der Waals surface area contributed by atoms with E-state index < -0.39 is 5.97 Å². The molecule has 5 nitrogen and oxygen atoms in total. The Hall–Kier alpha value is -1.56. The molecule has 0 spiro atoms. The number of nitrogens with one attached hydrogen (secondary N) is 1. The largest absolute Gasteiger partial charge is 0.481 e. The molecular weight excluding hydrogens is 348 g/mol. The van der Waals surface area contributed by atoms with E-state index in [-0.39, 0.29) is 30.5 Å². The van der Waals surface area contributed by atoms with Crippen molar-refractivity contribution in [2.24, 2.45) is 5.41 Å². The number of halogens is 1. The summed E-state index contributed by atoms with van der Waals surface area (Å²) in [6.45, 7) is 4.45. The van der Waals surface area contributed by atoms with Gasteiger partial charge in [-0.15, -0.1) is 0 Å². The number of carbonyl (C=O) groups excluding carboxylic acids is 1. The predicted octanol–water partition coefficient (Wildman–Crippen LogP) is 3.19. The van der Waals surface area contributed by atoms with Gasteiger partial charge in [-0.3, -0.25) is 4.79 Å². The zero-order chi connectivity index (χ0) is 16.5. The van der Waals surface area contributed by atoms with Gasteiger partial charge in [0.25, 0.3) is 0 Å². The number of urea groups is 1. The Morgan fingerprint density at radius 1 is 1.45 bits per heavy atom. The molecule has 1 aromatic rings. The lowest BCUT2D eigenvalue weighted by molar-refractivity contribution is -0.137. The highest BCUT2D eigenvalue weighted by Gasteiger charge is 2.41. The first-order valence-electron chi connectivity index (χ1n) is 7.23. The fourth-order valence-corrected chi connectivity index (χ4v) is 3.40. The number of fused-ring (bicyclic) bond motifs is 1. The SMILES string of the molecule is CN(CCC(=O)O)C(=O)NC1c2cccc(Br)c2CC1(C)C. The maximum atomic E-state index is 12.3. The number of nitrogens with zero attached hydrogens (tertiary/aromatic N) is 1. The molecule has 0 radical (unpaired) electrons. The summed E-state index contributed by atoms with van der Waals surface area (Å²) in [4.78, 5) is 24.3. The van der Waals surface area contributed by atoms with Crippen LogP contribution in [0.25, 0.3) is 0 Å². The molecule has 1 aromatic carbocycles. The number of hydrogen-bond acceptors (Lipinski definition) is 2. The minimum Gasteiger partial charge on any atom is -0.481 e. The summed E-state index contributed by atoms with van der Waals surface area (Å²) in [5, 5.41) is 11.8. The van der Waals surface area contributed by atoms with Crippen LogP contribution in [0.3, 0.4) is 0 Å². The van der Waals surface area contributed by atoms with E-state index in [0.717, 1.165) is 16.5 Å². The number of hydrogen-bond donors (Lipinski definition) is 2. The fraction of sp³-hybridized carbons (Fsp3) is 0.500. The minimum atomic E-state index is -0.907. The quantitative estimate of drug-likeness (QED) is 0.857. The van der Waals surface area contributed by atoms with E-state index in [2.05, 4.69) is 35.1 Å². The average Bonchev–Trinajstić information content (AvgIpc) is 2.69. The number of carboxylic acids is 1. The third kappa shape index (κ3) is 3.43. The molecule has 22 heavy (non-hydrogen) atoms. The number of carboxylic acid groups (broad SMARTS) is 1. The first kappa shape index (κ1) is 16.8. The van der Waals surface area contributed by atoms with Gasteiger partial charge in [-0.25, -0.2) is 4.79 Å². The van der Waals surface area contributed by atoms with Crippen molar-refractivity contribution in [3.8, 4) is 0 Å². The van der Waals surface area contributed by atoms with Crippen LogP contribution >= 0.6 is 15.9 Å². The monoisotopic (exact) mass is 368 g/mol. The van der Waals surface area contributed by atoms with Gasteiger partial charge in [-0.05, 0) is 29.0 Å². The number of benzene rings is 1. The van der Waals surface area contributed by atoms with Crippen molar-refractivity contribution in [3.05, 3.63) is 33.8 Å². The van der Waals surface area contributed by atoms with Crippen molar-refractivity contribution in [2.75, 3.05) is 13.6 Å². The standard InChI is InChI=1S/C16H21BrN2O3/c1-16(2)9-11-10(5-4-6-12(11)17)14(16)18-15(22)19(3)8-7-13(20)21/h4-6,14H,7-9H2,1-3H3,(H,18,22)(H,20,21). The highest BCUT2D eigenvalue weighted by molar-refractivity contribution is 9.10. The molecule has 1 aliphatic carbocycles. The topological polar surface area (TPSA) is 69.6 Å². The Kier molecular flexibility index (Phi) is 4.80. The lowest BCUT2D eigenvalue weighted by Crippen LogP contribution is -2.43. The molecule has 0 saturated carbocycles. The molecule has 1 atom stereocenters. The van der Waals surface area contributed by atoms with Gasteiger partial charge in [-0.1, -0.05) is 41.9 Å².